The second-order valence-corrected chi connectivity index (χ2v) is 3.88. The normalized spacial score (nSPS) is 20.3. The van der Waals surface area contributed by atoms with Crippen molar-refractivity contribution in [2.45, 2.75) is 12.6 Å². The lowest BCUT2D eigenvalue weighted by Gasteiger charge is -2.32. The van der Waals surface area contributed by atoms with Crippen LogP contribution < -0.4 is 0 Å². The van der Waals surface area contributed by atoms with Crippen LogP contribution in [0.5, 0.6) is 0 Å². The van der Waals surface area contributed by atoms with E-state index in [-0.39, 0.29) is 6.10 Å². The minimum absolute atomic E-state index is 0.160. The summed E-state index contributed by atoms with van der Waals surface area (Å²) in [7, 11) is 0. The van der Waals surface area contributed by atoms with Crippen molar-refractivity contribution in [3.05, 3.63) is 30.9 Å². The first kappa shape index (κ1) is 11.8. The number of halogens is 1. The van der Waals surface area contributed by atoms with Gasteiger partial charge >= 0.3 is 0 Å². The van der Waals surface area contributed by atoms with Gasteiger partial charge in [-0.1, -0.05) is 6.58 Å². The maximum absolute atomic E-state index is 12.7. The first-order valence-corrected chi connectivity index (χ1v) is 5.39. The number of hydrogen-bond acceptors (Lipinski definition) is 3. The number of carbonyl (C=O) groups excluding carboxylic acids is 1. The van der Waals surface area contributed by atoms with E-state index in [4.69, 9.17) is 4.74 Å². The largest absolute Gasteiger partial charge is 0.373 e. The van der Waals surface area contributed by atoms with Gasteiger partial charge in [0.25, 0.3) is 5.91 Å². The molecule has 1 aromatic rings. The lowest BCUT2D eigenvalue weighted by atomic mass is 10.2. The van der Waals surface area contributed by atoms with E-state index in [0.717, 1.165) is 0 Å². The Balaban J connectivity index is 1.93. The fourth-order valence-corrected chi connectivity index (χ4v) is 1.80. The van der Waals surface area contributed by atoms with Crippen molar-refractivity contribution in [3.63, 3.8) is 0 Å². The Kier molecular flexibility index (Phi) is 3.53. The monoisotopic (exact) mass is 239 g/mol. The van der Waals surface area contributed by atoms with Gasteiger partial charge in [0.2, 0.25) is 0 Å². The van der Waals surface area contributed by atoms with Crippen molar-refractivity contribution in [2.24, 2.45) is 0 Å². The Labute approximate surface area is 98.5 Å². The molecule has 1 aliphatic rings. The lowest BCUT2D eigenvalue weighted by Crippen LogP contribution is -2.47. The summed E-state index contributed by atoms with van der Waals surface area (Å²) in [4.78, 5) is 12.8. The molecule has 1 saturated heterocycles. The predicted molar refractivity (Wildman–Crippen MR) is 58.8 cm³/mol. The van der Waals surface area contributed by atoms with Crippen molar-refractivity contribution in [1.82, 2.24) is 14.7 Å². The number of morpholine rings is 1. The average molecular weight is 239 g/mol. The van der Waals surface area contributed by atoms with Crippen molar-refractivity contribution in [3.8, 4) is 0 Å². The minimum atomic E-state index is -0.926. The molecule has 5 nitrogen and oxygen atoms in total. The summed E-state index contributed by atoms with van der Waals surface area (Å²) in [5, 5.41) is 4.06. The molecule has 92 valence electrons. The van der Waals surface area contributed by atoms with Gasteiger partial charge in [0.05, 0.1) is 19.3 Å². The highest BCUT2D eigenvalue weighted by Gasteiger charge is 2.25. The van der Waals surface area contributed by atoms with Gasteiger partial charge in [-0.15, -0.1) is 0 Å². The van der Waals surface area contributed by atoms with Crippen LogP contribution in [0.25, 0.3) is 0 Å². The van der Waals surface area contributed by atoms with Crippen LogP contribution in [0, 0.1) is 0 Å². The Morgan fingerprint density at radius 3 is 3.12 bits per heavy atom. The van der Waals surface area contributed by atoms with E-state index in [1.54, 1.807) is 10.9 Å². The molecule has 0 aliphatic carbocycles. The molecule has 1 aliphatic heterocycles. The van der Waals surface area contributed by atoms with Crippen LogP contribution in [0.2, 0.25) is 0 Å². The Morgan fingerprint density at radius 2 is 2.47 bits per heavy atom. The smallest absolute Gasteiger partial charge is 0.282 e. The zero-order valence-corrected chi connectivity index (χ0v) is 9.38. The molecule has 0 spiro atoms. The summed E-state index contributed by atoms with van der Waals surface area (Å²) in [5.41, 5.74) is 0. The SMILES string of the molecule is C=C(F)C(=O)N1CCOC(Cn2cccn2)C1. The molecule has 17 heavy (non-hydrogen) atoms. The van der Waals surface area contributed by atoms with E-state index in [2.05, 4.69) is 11.7 Å². The van der Waals surface area contributed by atoms with Crippen LogP contribution in [-0.4, -0.2) is 46.4 Å². The molecule has 2 rings (SSSR count). The molecular weight excluding hydrogens is 225 g/mol. The first-order chi connectivity index (χ1) is 8.16. The maximum atomic E-state index is 12.7. The molecule has 0 N–H and O–H groups in total. The Hall–Kier alpha value is -1.69. The number of aromatic nitrogens is 2. The molecule has 6 heteroatoms. The fraction of sp³-hybridized carbons (Fsp3) is 0.455. The van der Waals surface area contributed by atoms with Crippen LogP contribution in [0.15, 0.2) is 30.9 Å². The lowest BCUT2D eigenvalue weighted by molar-refractivity contribution is -0.136. The second kappa shape index (κ2) is 5.09. The van der Waals surface area contributed by atoms with E-state index < -0.39 is 11.7 Å². The quantitative estimate of drug-likeness (QED) is 0.725. The third kappa shape index (κ3) is 2.91. The van der Waals surface area contributed by atoms with Gasteiger partial charge in [-0.05, 0) is 6.07 Å². The molecule has 1 unspecified atom stereocenters. The van der Waals surface area contributed by atoms with Crippen molar-refractivity contribution in [2.75, 3.05) is 19.7 Å². The zero-order valence-electron chi connectivity index (χ0n) is 9.38. The number of hydrogen-bond donors (Lipinski definition) is 0. The Morgan fingerprint density at radius 1 is 1.65 bits per heavy atom. The highest BCUT2D eigenvalue weighted by atomic mass is 19.1. The van der Waals surface area contributed by atoms with Gasteiger partial charge in [0.15, 0.2) is 5.83 Å². The highest BCUT2D eigenvalue weighted by molar-refractivity contribution is 5.90. The minimum Gasteiger partial charge on any atom is -0.373 e. The third-order valence-corrected chi connectivity index (χ3v) is 2.61. The summed E-state index contributed by atoms with van der Waals surface area (Å²) >= 11 is 0. The molecular formula is C11H14FN3O2. The number of nitrogens with zero attached hydrogens (tertiary/aromatic N) is 3. The van der Waals surface area contributed by atoms with E-state index in [1.165, 1.54) is 4.90 Å². The zero-order chi connectivity index (χ0) is 12.3. The molecule has 2 heterocycles. The third-order valence-electron chi connectivity index (χ3n) is 2.61. The van der Waals surface area contributed by atoms with Crippen molar-refractivity contribution < 1.29 is 13.9 Å². The van der Waals surface area contributed by atoms with Gasteiger partial charge in [-0.2, -0.15) is 5.10 Å². The standard InChI is InChI=1S/C11H14FN3O2/c1-9(12)11(16)14-5-6-17-10(7-14)8-15-4-2-3-13-15/h2-4,10H,1,5-8H2. The summed E-state index contributed by atoms with van der Waals surface area (Å²) in [6.07, 6.45) is 3.33. The fourth-order valence-electron chi connectivity index (χ4n) is 1.80. The van der Waals surface area contributed by atoms with E-state index in [9.17, 15) is 9.18 Å². The van der Waals surface area contributed by atoms with Crippen molar-refractivity contribution >= 4 is 5.91 Å². The number of rotatable bonds is 3. The number of ether oxygens (including phenoxy) is 1. The van der Waals surface area contributed by atoms with Gasteiger partial charge in [-0.25, -0.2) is 4.39 Å². The molecule has 1 atom stereocenters. The van der Waals surface area contributed by atoms with Crippen LogP contribution in [0.3, 0.4) is 0 Å². The van der Waals surface area contributed by atoms with Gasteiger partial charge in [0, 0.05) is 25.5 Å². The van der Waals surface area contributed by atoms with Crippen LogP contribution in [0.1, 0.15) is 0 Å². The molecule has 0 bridgehead atoms. The molecule has 0 saturated carbocycles. The van der Waals surface area contributed by atoms with Crippen LogP contribution in [-0.2, 0) is 16.1 Å². The molecule has 0 radical (unpaired) electrons. The summed E-state index contributed by atoms with van der Waals surface area (Å²) in [6.45, 7) is 4.74. The Bertz CT molecular complexity index is 405. The van der Waals surface area contributed by atoms with E-state index in [0.29, 0.717) is 26.2 Å². The number of carbonyl (C=O) groups is 1. The van der Waals surface area contributed by atoms with E-state index in [1.807, 2.05) is 12.3 Å². The van der Waals surface area contributed by atoms with Crippen LogP contribution in [0.4, 0.5) is 4.39 Å². The van der Waals surface area contributed by atoms with Gasteiger partial charge in [0.1, 0.15) is 0 Å². The molecule has 1 aromatic heterocycles. The summed E-state index contributed by atoms with van der Waals surface area (Å²) in [6, 6.07) is 1.81. The second-order valence-electron chi connectivity index (χ2n) is 3.88. The molecule has 1 amide bonds. The first-order valence-electron chi connectivity index (χ1n) is 5.39. The van der Waals surface area contributed by atoms with Gasteiger partial charge < -0.3 is 9.64 Å². The summed E-state index contributed by atoms with van der Waals surface area (Å²) in [5.74, 6) is -1.58. The topological polar surface area (TPSA) is 47.4 Å². The van der Waals surface area contributed by atoms with Crippen molar-refractivity contribution in [1.29, 1.82) is 0 Å². The average Bonchev–Trinajstić information content (AvgIpc) is 2.81. The molecule has 1 fully saturated rings. The van der Waals surface area contributed by atoms with E-state index >= 15 is 0 Å². The molecule has 0 aromatic carbocycles. The van der Waals surface area contributed by atoms with Gasteiger partial charge in [-0.3, -0.25) is 9.48 Å². The van der Waals surface area contributed by atoms with Crippen LogP contribution >= 0.6 is 0 Å². The highest BCUT2D eigenvalue weighted by Crippen LogP contribution is 2.10. The summed E-state index contributed by atoms with van der Waals surface area (Å²) < 4.78 is 20.0. The maximum Gasteiger partial charge on any atom is 0.282 e. The predicted octanol–water partition coefficient (Wildman–Crippen LogP) is 0.594. The number of amides is 1.